The summed E-state index contributed by atoms with van der Waals surface area (Å²) in [7, 11) is -3.64. The monoisotopic (exact) mass is 573 g/mol. The van der Waals surface area contributed by atoms with E-state index < -0.39 is 10.0 Å². The Labute approximate surface area is 238 Å². The summed E-state index contributed by atoms with van der Waals surface area (Å²) in [6, 6.07) is 10.9. The number of furan rings is 1. The number of anilines is 5. The van der Waals surface area contributed by atoms with Crippen LogP contribution in [0.3, 0.4) is 0 Å². The summed E-state index contributed by atoms with van der Waals surface area (Å²) in [5.41, 5.74) is 5.37. The third-order valence-corrected chi connectivity index (χ3v) is 9.27. The Morgan fingerprint density at radius 1 is 1.07 bits per heavy atom. The van der Waals surface area contributed by atoms with Crippen molar-refractivity contribution in [2.45, 2.75) is 44.1 Å². The van der Waals surface area contributed by atoms with Crippen molar-refractivity contribution < 1.29 is 17.6 Å². The maximum absolute atomic E-state index is 13.1. The molecule has 1 saturated heterocycles. The summed E-state index contributed by atoms with van der Waals surface area (Å²) in [5.74, 6) is 1.18. The van der Waals surface area contributed by atoms with Gasteiger partial charge in [-0.15, -0.1) is 0 Å². The number of hydrogen-bond acceptors (Lipinski definition) is 9. The van der Waals surface area contributed by atoms with Crippen LogP contribution in [0.5, 0.6) is 0 Å². The lowest BCUT2D eigenvalue weighted by Crippen LogP contribution is -2.39. The highest BCUT2D eigenvalue weighted by Crippen LogP contribution is 2.29. The molecular weight excluding hydrogens is 542 g/mol. The average Bonchev–Trinajstić information content (AvgIpc) is 3.51. The predicted molar refractivity (Wildman–Crippen MR) is 155 cm³/mol. The van der Waals surface area contributed by atoms with E-state index in [1.807, 2.05) is 37.4 Å². The molecule has 1 fully saturated rings. The van der Waals surface area contributed by atoms with Gasteiger partial charge in [0.15, 0.2) is 0 Å². The number of fused-ring (bicyclic) bond motifs is 6. The maximum atomic E-state index is 13.1. The summed E-state index contributed by atoms with van der Waals surface area (Å²) in [4.78, 5) is 26.5. The fourth-order valence-electron chi connectivity index (χ4n) is 5.22. The summed E-state index contributed by atoms with van der Waals surface area (Å²) in [6.07, 6.45) is 9.68. The molecule has 12 heteroatoms. The molecular formula is C29H31N7O4S. The first-order valence-electron chi connectivity index (χ1n) is 13.6. The first-order valence-corrected chi connectivity index (χ1v) is 15.1. The van der Waals surface area contributed by atoms with Crippen LogP contribution in [-0.4, -0.2) is 46.7 Å². The Kier molecular flexibility index (Phi) is 7.41. The Hall–Kier alpha value is -4.29. The summed E-state index contributed by atoms with van der Waals surface area (Å²) >= 11 is 0. The van der Waals surface area contributed by atoms with Crippen molar-refractivity contribution in [1.82, 2.24) is 19.3 Å². The van der Waals surface area contributed by atoms with Crippen molar-refractivity contribution in [2.75, 3.05) is 29.0 Å². The molecule has 5 heterocycles. The number of carbonyl (C=O) groups is 1. The second-order valence-electron chi connectivity index (χ2n) is 10.5. The molecule has 41 heavy (non-hydrogen) atoms. The first kappa shape index (κ1) is 26.9. The average molecular weight is 574 g/mol. The van der Waals surface area contributed by atoms with Gasteiger partial charge in [0, 0.05) is 48.8 Å². The van der Waals surface area contributed by atoms with Crippen LogP contribution in [-0.2, 0) is 27.7 Å². The molecule has 11 nitrogen and oxygen atoms in total. The van der Waals surface area contributed by atoms with Gasteiger partial charge in [-0.3, -0.25) is 9.78 Å². The van der Waals surface area contributed by atoms with E-state index in [-0.39, 0.29) is 16.9 Å². The number of aromatic nitrogens is 3. The summed E-state index contributed by atoms with van der Waals surface area (Å²) in [5, 5.41) is 9.69. The number of benzene rings is 1. The maximum Gasteiger partial charge on any atom is 0.276 e. The van der Waals surface area contributed by atoms with E-state index in [2.05, 4.69) is 30.9 Å². The smallest absolute Gasteiger partial charge is 0.276 e. The number of rotatable bonds is 5. The molecule has 2 aliphatic rings. The lowest BCUT2D eigenvalue weighted by Gasteiger charge is -2.30. The van der Waals surface area contributed by atoms with Gasteiger partial charge < -0.3 is 20.4 Å². The highest BCUT2D eigenvalue weighted by Gasteiger charge is 2.32. The van der Waals surface area contributed by atoms with Crippen LogP contribution in [0.4, 0.5) is 28.8 Å². The molecule has 0 atom stereocenters. The molecule has 0 aliphatic carbocycles. The zero-order valence-corrected chi connectivity index (χ0v) is 23.4. The van der Waals surface area contributed by atoms with Gasteiger partial charge in [0.1, 0.15) is 5.82 Å². The van der Waals surface area contributed by atoms with Gasteiger partial charge in [0.25, 0.3) is 10.0 Å². The number of carbonyl (C=O) groups excluding carboxylic acids is 1. The molecule has 0 spiro atoms. The van der Waals surface area contributed by atoms with E-state index >= 15 is 0 Å². The molecule has 2 aliphatic heterocycles. The Balaban J connectivity index is 1.16. The van der Waals surface area contributed by atoms with Crippen molar-refractivity contribution in [3.63, 3.8) is 0 Å². The fraction of sp³-hybridized carbons (Fsp3) is 0.310. The van der Waals surface area contributed by atoms with Crippen molar-refractivity contribution in [3.8, 4) is 0 Å². The fourth-order valence-corrected chi connectivity index (χ4v) is 6.59. The van der Waals surface area contributed by atoms with E-state index in [0.29, 0.717) is 50.5 Å². The second-order valence-corrected chi connectivity index (χ2v) is 12.3. The molecule has 6 rings (SSSR count). The zero-order chi connectivity index (χ0) is 28.4. The standard InChI is InChI=1S/C29H31N7O4S/c1-19-16-31-29-33-24-13-21(17-30-18-24)4-5-22-15-23(32-28(19)35-29)6-7-25(22)34-26(37)14-20-8-10-36(11-9-20)41(38,39)27-3-2-12-40-27/h2-3,6-7,12-13,15-18,20H,4-5,8-11,14H2,1H3,(H,34,37)(H2,31,32,33,35). The zero-order valence-electron chi connectivity index (χ0n) is 22.6. The number of piperidine rings is 1. The van der Waals surface area contributed by atoms with Crippen LogP contribution < -0.4 is 16.0 Å². The SMILES string of the molecule is Cc1cnc2nc1Nc1ccc(NC(=O)CC3CCN(S(=O)(=O)c4ccco4)CC3)c(c1)CCc1cncc(c1)N2. The molecule has 0 unspecified atom stereocenters. The number of pyridine rings is 1. The summed E-state index contributed by atoms with van der Waals surface area (Å²) < 4.78 is 32.0. The lowest BCUT2D eigenvalue weighted by molar-refractivity contribution is -0.117. The molecule has 3 aromatic heterocycles. The normalized spacial score (nSPS) is 15.9. The highest BCUT2D eigenvalue weighted by molar-refractivity contribution is 7.89. The molecule has 212 valence electrons. The molecule has 3 N–H and O–H groups in total. The van der Waals surface area contributed by atoms with E-state index in [1.54, 1.807) is 18.5 Å². The van der Waals surface area contributed by atoms with Crippen LogP contribution in [0.25, 0.3) is 0 Å². The molecule has 0 saturated carbocycles. The number of nitrogens with one attached hydrogen (secondary N) is 3. The molecule has 6 bridgehead atoms. The third-order valence-electron chi connectivity index (χ3n) is 7.48. The second kappa shape index (κ2) is 11.3. The van der Waals surface area contributed by atoms with Gasteiger partial charge in [0.05, 0.1) is 18.1 Å². The number of sulfonamides is 1. The van der Waals surface area contributed by atoms with Crippen molar-refractivity contribution in [1.29, 1.82) is 0 Å². The van der Waals surface area contributed by atoms with Gasteiger partial charge in [-0.2, -0.15) is 9.29 Å². The van der Waals surface area contributed by atoms with Crippen LogP contribution in [0, 0.1) is 12.8 Å². The minimum absolute atomic E-state index is 0.0464. The Morgan fingerprint density at radius 3 is 2.73 bits per heavy atom. The number of hydrogen-bond donors (Lipinski definition) is 3. The van der Waals surface area contributed by atoms with Crippen molar-refractivity contribution in [3.05, 3.63) is 77.9 Å². The van der Waals surface area contributed by atoms with E-state index in [0.717, 1.165) is 40.2 Å². The minimum atomic E-state index is -3.64. The Morgan fingerprint density at radius 2 is 1.93 bits per heavy atom. The predicted octanol–water partition coefficient (Wildman–Crippen LogP) is 4.79. The topological polar surface area (TPSA) is 142 Å². The minimum Gasteiger partial charge on any atom is -0.452 e. The van der Waals surface area contributed by atoms with E-state index in [9.17, 15) is 13.2 Å². The number of amides is 1. The van der Waals surface area contributed by atoms with Gasteiger partial charge in [0.2, 0.25) is 16.9 Å². The highest BCUT2D eigenvalue weighted by atomic mass is 32.2. The number of nitrogens with zero attached hydrogens (tertiary/aromatic N) is 4. The van der Waals surface area contributed by atoms with Gasteiger partial charge in [-0.25, -0.2) is 13.4 Å². The summed E-state index contributed by atoms with van der Waals surface area (Å²) in [6.45, 7) is 2.66. The van der Waals surface area contributed by atoms with Gasteiger partial charge >= 0.3 is 0 Å². The van der Waals surface area contributed by atoms with Gasteiger partial charge in [-0.1, -0.05) is 0 Å². The number of aryl methyl sites for hydroxylation is 3. The van der Waals surface area contributed by atoms with E-state index in [4.69, 9.17) is 4.42 Å². The van der Waals surface area contributed by atoms with Crippen LogP contribution in [0.1, 0.15) is 36.0 Å². The molecule has 0 radical (unpaired) electrons. The van der Waals surface area contributed by atoms with E-state index in [1.165, 1.54) is 16.6 Å². The first-order chi connectivity index (χ1) is 19.8. The molecule has 4 aromatic rings. The van der Waals surface area contributed by atoms with Crippen molar-refractivity contribution in [2.24, 2.45) is 5.92 Å². The molecule has 1 aromatic carbocycles. The van der Waals surface area contributed by atoms with Crippen LogP contribution >= 0.6 is 0 Å². The van der Waals surface area contributed by atoms with Crippen molar-refractivity contribution >= 4 is 44.8 Å². The quantitative estimate of drug-likeness (QED) is 0.307. The Bertz CT molecular complexity index is 1670. The molecule has 1 amide bonds. The van der Waals surface area contributed by atoms with Crippen LogP contribution in [0.15, 0.2) is 70.8 Å². The van der Waals surface area contributed by atoms with Crippen LogP contribution in [0.2, 0.25) is 0 Å². The third kappa shape index (κ3) is 6.08. The largest absolute Gasteiger partial charge is 0.452 e. The lowest BCUT2D eigenvalue weighted by atomic mass is 9.94. The van der Waals surface area contributed by atoms with Gasteiger partial charge in [-0.05, 0) is 86.1 Å².